The number of hydrogen-bond donors (Lipinski definition) is 0. The molecular weight excluding hydrogens is 248 g/mol. The van der Waals surface area contributed by atoms with Crippen LogP contribution in [0.4, 0.5) is 0 Å². The lowest BCUT2D eigenvalue weighted by Gasteiger charge is -2.23. The first-order valence-electron chi connectivity index (χ1n) is 9.10. The van der Waals surface area contributed by atoms with Crippen molar-refractivity contribution in [1.29, 1.82) is 0 Å². The van der Waals surface area contributed by atoms with Gasteiger partial charge in [0.2, 0.25) is 0 Å². The van der Waals surface area contributed by atoms with Gasteiger partial charge in [-0.25, -0.2) is 0 Å². The van der Waals surface area contributed by atoms with Crippen LogP contribution < -0.4 is 0 Å². The summed E-state index contributed by atoms with van der Waals surface area (Å²) in [6, 6.07) is 0. The van der Waals surface area contributed by atoms with Crippen molar-refractivity contribution in [3.63, 3.8) is 0 Å². The van der Waals surface area contributed by atoms with Crippen molar-refractivity contribution in [3.05, 3.63) is 0 Å². The van der Waals surface area contributed by atoms with Crippen LogP contribution in [0.2, 0.25) is 0 Å². The highest BCUT2D eigenvalue weighted by Gasteiger charge is 2.18. The Morgan fingerprint density at radius 3 is 0.947 bits per heavy atom. The van der Waals surface area contributed by atoms with E-state index < -0.39 is 0 Å². The molecule has 2 fully saturated rings. The molecule has 0 unspecified atom stereocenters. The van der Waals surface area contributed by atoms with E-state index in [1.807, 2.05) is 0 Å². The molecule has 1 heteroatoms. The van der Waals surface area contributed by atoms with Gasteiger partial charge in [0.1, 0.15) is 0 Å². The van der Waals surface area contributed by atoms with Crippen LogP contribution in [-0.4, -0.2) is 10.5 Å². The van der Waals surface area contributed by atoms with Crippen molar-refractivity contribution >= 4 is 11.8 Å². The third kappa shape index (κ3) is 7.06. The molecule has 0 aliphatic heterocycles. The second-order valence-corrected chi connectivity index (χ2v) is 8.38. The zero-order valence-corrected chi connectivity index (χ0v) is 13.7. The molecule has 0 nitrogen and oxygen atoms in total. The van der Waals surface area contributed by atoms with Gasteiger partial charge in [-0.1, -0.05) is 77.0 Å². The molecule has 112 valence electrons. The molecule has 0 amide bonds. The van der Waals surface area contributed by atoms with E-state index in [0.717, 1.165) is 10.5 Å². The molecule has 2 aliphatic rings. The summed E-state index contributed by atoms with van der Waals surface area (Å²) in [6.45, 7) is 0. The summed E-state index contributed by atoms with van der Waals surface area (Å²) >= 11 is 2.41. The van der Waals surface area contributed by atoms with E-state index in [1.54, 1.807) is 0 Å². The molecule has 0 radical (unpaired) electrons. The van der Waals surface area contributed by atoms with Gasteiger partial charge in [0.15, 0.2) is 0 Å². The predicted molar refractivity (Wildman–Crippen MR) is 89.0 cm³/mol. The molecule has 0 aromatic carbocycles. The van der Waals surface area contributed by atoms with Crippen LogP contribution in [-0.2, 0) is 0 Å². The topological polar surface area (TPSA) is 0 Å². The van der Waals surface area contributed by atoms with Crippen molar-refractivity contribution in [3.8, 4) is 0 Å². The average Bonchev–Trinajstić information content (AvgIpc) is 2.62. The molecule has 19 heavy (non-hydrogen) atoms. The van der Waals surface area contributed by atoms with Gasteiger partial charge in [0, 0.05) is 10.5 Å². The van der Waals surface area contributed by atoms with Crippen LogP contribution in [0.1, 0.15) is 103 Å². The van der Waals surface area contributed by atoms with Crippen LogP contribution >= 0.6 is 11.8 Å². The molecule has 0 aromatic rings. The summed E-state index contributed by atoms with van der Waals surface area (Å²) in [5, 5.41) is 2.01. The summed E-state index contributed by atoms with van der Waals surface area (Å²) in [6.07, 6.45) is 24.1. The molecule has 2 saturated carbocycles. The van der Waals surface area contributed by atoms with Gasteiger partial charge in [0.25, 0.3) is 0 Å². The molecule has 2 rings (SSSR count). The van der Waals surface area contributed by atoms with Crippen LogP contribution in [0.15, 0.2) is 0 Å². The maximum Gasteiger partial charge on any atom is 0.00498 e. The third-order valence-corrected chi connectivity index (χ3v) is 6.70. The summed E-state index contributed by atoms with van der Waals surface area (Å²) in [7, 11) is 0. The summed E-state index contributed by atoms with van der Waals surface area (Å²) in [5.74, 6) is 0. The summed E-state index contributed by atoms with van der Waals surface area (Å²) in [5.41, 5.74) is 0. The van der Waals surface area contributed by atoms with Crippen molar-refractivity contribution in [2.75, 3.05) is 0 Å². The Bertz CT molecular complexity index is 172. The molecule has 0 heterocycles. The zero-order chi connectivity index (χ0) is 13.2. The molecule has 0 N–H and O–H groups in total. The Morgan fingerprint density at radius 1 is 0.368 bits per heavy atom. The van der Waals surface area contributed by atoms with Crippen LogP contribution in [0, 0.1) is 0 Å². The fourth-order valence-electron chi connectivity index (χ4n) is 3.74. The Balaban J connectivity index is 1.74. The second-order valence-electron chi connectivity index (χ2n) is 6.78. The van der Waals surface area contributed by atoms with Crippen molar-refractivity contribution in [2.45, 2.75) is 113 Å². The quantitative estimate of drug-likeness (QED) is 0.541. The van der Waals surface area contributed by atoms with E-state index in [2.05, 4.69) is 11.8 Å². The summed E-state index contributed by atoms with van der Waals surface area (Å²) in [4.78, 5) is 0. The maximum absolute atomic E-state index is 2.41. The minimum Gasteiger partial charge on any atom is -0.155 e. The van der Waals surface area contributed by atoms with Gasteiger partial charge in [-0.05, 0) is 25.7 Å². The third-order valence-electron chi connectivity index (χ3n) is 4.99. The lowest BCUT2D eigenvalue weighted by atomic mass is 10.1. The molecule has 0 spiro atoms. The maximum atomic E-state index is 2.41. The van der Waals surface area contributed by atoms with Crippen LogP contribution in [0.5, 0.6) is 0 Å². The number of hydrogen-bond acceptors (Lipinski definition) is 1. The van der Waals surface area contributed by atoms with Gasteiger partial charge in [-0.2, -0.15) is 11.8 Å². The van der Waals surface area contributed by atoms with Crippen LogP contribution in [0.3, 0.4) is 0 Å². The Kier molecular flexibility index (Phi) is 8.39. The Hall–Kier alpha value is 0.350. The highest BCUT2D eigenvalue weighted by atomic mass is 32.2. The molecule has 0 atom stereocenters. The fourth-order valence-corrected chi connectivity index (χ4v) is 5.49. The van der Waals surface area contributed by atoms with Crippen molar-refractivity contribution in [2.24, 2.45) is 0 Å². The minimum absolute atomic E-state index is 1.00. The molecular formula is C18H34S. The van der Waals surface area contributed by atoms with Gasteiger partial charge in [0.05, 0.1) is 0 Å². The number of rotatable bonds is 2. The zero-order valence-electron chi connectivity index (χ0n) is 12.9. The van der Waals surface area contributed by atoms with Gasteiger partial charge in [-0.15, -0.1) is 0 Å². The molecule has 0 saturated heterocycles. The fraction of sp³-hybridized carbons (Fsp3) is 1.00. The standard InChI is InChI=1S/C18H34S/c1-2-6-10-14-17(13-9-5-1)19-18-15-11-7-3-4-8-12-16-18/h17-18H,1-16H2. The highest BCUT2D eigenvalue weighted by molar-refractivity contribution is 8.00. The van der Waals surface area contributed by atoms with Crippen molar-refractivity contribution in [1.82, 2.24) is 0 Å². The van der Waals surface area contributed by atoms with Crippen LogP contribution in [0.25, 0.3) is 0 Å². The van der Waals surface area contributed by atoms with Gasteiger partial charge in [-0.3, -0.25) is 0 Å². The first kappa shape index (κ1) is 15.7. The Morgan fingerprint density at radius 2 is 0.632 bits per heavy atom. The van der Waals surface area contributed by atoms with Gasteiger partial charge >= 0.3 is 0 Å². The predicted octanol–water partition coefficient (Wildman–Crippen LogP) is 6.73. The summed E-state index contributed by atoms with van der Waals surface area (Å²) < 4.78 is 0. The second kappa shape index (κ2) is 10.1. The van der Waals surface area contributed by atoms with E-state index in [0.29, 0.717) is 0 Å². The van der Waals surface area contributed by atoms with E-state index in [9.17, 15) is 0 Å². The lowest BCUT2D eigenvalue weighted by molar-refractivity contribution is 0.611. The Labute approximate surface area is 125 Å². The number of thioether (sulfide) groups is 1. The SMILES string of the molecule is C1CCCCC(SC2CCCCCCCC2)CCC1. The van der Waals surface area contributed by atoms with Crippen molar-refractivity contribution < 1.29 is 0 Å². The first-order chi connectivity index (χ1) is 9.45. The molecule has 2 aliphatic carbocycles. The monoisotopic (exact) mass is 282 g/mol. The normalized spacial score (nSPS) is 26.5. The van der Waals surface area contributed by atoms with E-state index >= 15 is 0 Å². The lowest BCUT2D eigenvalue weighted by Crippen LogP contribution is -2.11. The minimum atomic E-state index is 1.00. The largest absolute Gasteiger partial charge is 0.155 e. The van der Waals surface area contributed by atoms with E-state index in [-0.39, 0.29) is 0 Å². The van der Waals surface area contributed by atoms with E-state index in [4.69, 9.17) is 0 Å². The smallest absolute Gasteiger partial charge is 0.00498 e. The average molecular weight is 283 g/mol. The van der Waals surface area contributed by atoms with Gasteiger partial charge < -0.3 is 0 Å². The molecule has 0 bridgehead atoms. The van der Waals surface area contributed by atoms with E-state index in [1.165, 1.54) is 103 Å². The first-order valence-corrected chi connectivity index (χ1v) is 10.0. The molecule has 0 aromatic heterocycles. The highest BCUT2D eigenvalue weighted by Crippen LogP contribution is 2.34.